The van der Waals surface area contributed by atoms with Crippen LogP contribution in [0.15, 0.2) is 0 Å². The second-order valence-corrected chi connectivity index (χ2v) is 3.38. The van der Waals surface area contributed by atoms with E-state index in [0.717, 1.165) is 0 Å². The van der Waals surface area contributed by atoms with Crippen LogP contribution in [0.4, 0.5) is 0 Å². The van der Waals surface area contributed by atoms with Gasteiger partial charge in [-0.05, 0) is 6.92 Å². The molecule has 1 heterocycles. The fourth-order valence-corrected chi connectivity index (χ4v) is 1.22. The quantitative estimate of drug-likeness (QED) is 0.571. The number of nitrogens with zero attached hydrogens (tertiary/aromatic N) is 1. The number of amides is 2. The first kappa shape index (κ1) is 9.32. The predicted molar refractivity (Wildman–Crippen MR) is 44.9 cm³/mol. The van der Waals surface area contributed by atoms with Gasteiger partial charge in [-0.1, -0.05) is 0 Å². The van der Waals surface area contributed by atoms with Gasteiger partial charge in [-0.25, -0.2) is 0 Å². The summed E-state index contributed by atoms with van der Waals surface area (Å²) in [6.45, 7) is 2.82. The molecule has 2 amide bonds. The summed E-state index contributed by atoms with van der Waals surface area (Å²) in [6, 6.07) is 0. The topological polar surface area (TPSA) is 49.4 Å². The van der Waals surface area contributed by atoms with Crippen LogP contribution >= 0.6 is 11.6 Å². The van der Waals surface area contributed by atoms with E-state index in [1.54, 1.807) is 6.92 Å². The molecule has 68 valence electrons. The molecule has 0 aliphatic carbocycles. The van der Waals surface area contributed by atoms with Crippen LogP contribution in [0.3, 0.4) is 0 Å². The first-order chi connectivity index (χ1) is 5.61. The summed E-state index contributed by atoms with van der Waals surface area (Å²) < 4.78 is 0. The van der Waals surface area contributed by atoms with E-state index in [9.17, 15) is 9.59 Å². The summed E-state index contributed by atoms with van der Waals surface area (Å²) in [6.07, 6.45) is 0. The summed E-state index contributed by atoms with van der Waals surface area (Å²) in [7, 11) is 0. The van der Waals surface area contributed by atoms with E-state index < -0.39 is 5.38 Å². The van der Waals surface area contributed by atoms with Gasteiger partial charge in [-0.2, -0.15) is 0 Å². The van der Waals surface area contributed by atoms with Gasteiger partial charge < -0.3 is 10.2 Å². The number of hydrogen-bond acceptors (Lipinski definition) is 2. The van der Waals surface area contributed by atoms with Gasteiger partial charge in [-0.3, -0.25) is 9.59 Å². The van der Waals surface area contributed by atoms with Crippen molar-refractivity contribution in [1.29, 1.82) is 0 Å². The highest BCUT2D eigenvalue weighted by atomic mass is 35.5. The van der Waals surface area contributed by atoms with Gasteiger partial charge in [0, 0.05) is 13.1 Å². The molecule has 0 saturated carbocycles. The Balaban J connectivity index is 2.51. The first-order valence-electron chi connectivity index (χ1n) is 3.81. The molecular weight excluding hydrogens is 180 g/mol. The summed E-state index contributed by atoms with van der Waals surface area (Å²) >= 11 is 5.59. The van der Waals surface area contributed by atoms with Crippen molar-refractivity contribution in [3.8, 4) is 0 Å². The molecule has 0 aromatic carbocycles. The summed E-state index contributed by atoms with van der Waals surface area (Å²) in [5.41, 5.74) is 0. The molecule has 12 heavy (non-hydrogen) atoms. The van der Waals surface area contributed by atoms with Gasteiger partial charge in [0.05, 0.1) is 6.54 Å². The van der Waals surface area contributed by atoms with Crippen LogP contribution in [0, 0.1) is 0 Å². The number of hydrogen-bond donors (Lipinski definition) is 1. The second kappa shape index (κ2) is 3.76. The number of piperazine rings is 1. The Morgan fingerprint density at radius 1 is 1.75 bits per heavy atom. The fourth-order valence-electron chi connectivity index (χ4n) is 1.08. The SMILES string of the molecule is CC(Cl)C(=O)N1CCNC(=O)C1. The lowest BCUT2D eigenvalue weighted by atomic mass is 10.3. The molecule has 1 N–H and O–H groups in total. The number of alkyl halides is 1. The van der Waals surface area contributed by atoms with Crippen LogP contribution in [0.25, 0.3) is 0 Å². The van der Waals surface area contributed by atoms with Crippen molar-refractivity contribution in [3.05, 3.63) is 0 Å². The molecule has 0 bridgehead atoms. The molecular formula is C7H11ClN2O2. The van der Waals surface area contributed by atoms with Crippen molar-refractivity contribution in [2.45, 2.75) is 12.3 Å². The van der Waals surface area contributed by atoms with Crippen molar-refractivity contribution < 1.29 is 9.59 Å². The molecule has 5 heteroatoms. The average Bonchev–Trinajstić information content (AvgIpc) is 2.03. The minimum absolute atomic E-state index is 0.119. The maximum atomic E-state index is 11.3. The highest BCUT2D eigenvalue weighted by Crippen LogP contribution is 2.02. The molecule has 0 aromatic heterocycles. The summed E-state index contributed by atoms with van der Waals surface area (Å²) in [5, 5.41) is 2.08. The van der Waals surface area contributed by atoms with E-state index in [1.165, 1.54) is 4.90 Å². The molecule has 4 nitrogen and oxygen atoms in total. The molecule has 1 fully saturated rings. The van der Waals surface area contributed by atoms with Crippen LogP contribution in [0.5, 0.6) is 0 Å². The fraction of sp³-hybridized carbons (Fsp3) is 0.714. The van der Waals surface area contributed by atoms with Crippen LogP contribution in [0.1, 0.15) is 6.92 Å². The van der Waals surface area contributed by atoms with Crippen molar-refractivity contribution >= 4 is 23.4 Å². The molecule has 1 aliphatic heterocycles. The van der Waals surface area contributed by atoms with E-state index in [1.807, 2.05) is 0 Å². The minimum Gasteiger partial charge on any atom is -0.353 e. The van der Waals surface area contributed by atoms with E-state index >= 15 is 0 Å². The van der Waals surface area contributed by atoms with Crippen molar-refractivity contribution in [1.82, 2.24) is 10.2 Å². The number of nitrogens with one attached hydrogen (secondary N) is 1. The molecule has 0 spiro atoms. The van der Waals surface area contributed by atoms with Crippen molar-refractivity contribution in [2.75, 3.05) is 19.6 Å². The third kappa shape index (κ3) is 2.11. The van der Waals surface area contributed by atoms with E-state index in [2.05, 4.69) is 5.32 Å². The van der Waals surface area contributed by atoms with E-state index in [-0.39, 0.29) is 18.4 Å². The van der Waals surface area contributed by atoms with Gasteiger partial charge in [0.1, 0.15) is 5.38 Å². The monoisotopic (exact) mass is 190 g/mol. The molecule has 1 saturated heterocycles. The lowest BCUT2D eigenvalue weighted by Crippen LogP contribution is -2.51. The molecule has 1 unspecified atom stereocenters. The standard InChI is InChI=1S/C7H11ClN2O2/c1-5(8)7(12)10-3-2-9-6(11)4-10/h5H,2-4H2,1H3,(H,9,11). The minimum atomic E-state index is -0.545. The summed E-state index contributed by atoms with van der Waals surface area (Å²) in [5.74, 6) is -0.293. The largest absolute Gasteiger partial charge is 0.353 e. The Morgan fingerprint density at radius 3 is 2.92 bits per heavy atom. The Bertz CT molecular complexity index is 206. The maximum absolute atomic E-state index is 11.3. The number of carbonyl (C=O) groups is 2. The van der Waals surface area contributed by atoms with Gasteiger partial charge in [-0.15, -0.1) is 11.6 Å². The smallest absolute Gasteiger partial charge is 0.240 e. The van der Waals surface area contributed by atoms with E-state index in [0.29, 0.717) is 13.1 Å². The van der Waals surface area contributed by atoms with Crippen molar-refractivity contribution in [3.63, 3.8) is 0 Å². The van der Waals surface area contributed by atoms with Gasteiger partial charge in [0.25, 0.3) is 0 Å². The number of rotatable bonds is 1. The third-order valence-electron chi connectivity index (χ3n) is 1.69. The van der Waals surface area contributed by atoms with Crippen LogP contribution in [0.2, 0.25) is 0 Å². The van der Waals surface area contributed by atoms with Crippen LogP contribution in [-0.2, 0) is 9.59 Å². The van der Waals surface area contributed by atoms with Gasteiger partial charge >= 0.3 is 0 Å². The maximum Gasteiger partial charge on any atom is 0.240 e. The average molecular weight is 191 g/mol. The molecule has 0 radical (unpaired) electrons. The highest BCUT2D eigenvalue weighted by Gasteiger charge is 2.23. The highest BCUT2D eigenvalue weighted by molar-refractivity contribution is 6.30. The van der Waals surface area contributed by atoms with Crippen LogP contribution < -0.4 is 5.32 Å². The Labute approximate surface area is 75.9 Å². The Morgan fingerprint density at radius 2 is 2.42 bits per heavy atom. The Kier molecular flexibility index (Phi) is 2.92. The van der Waals surface area contributed by atoms with Crippen molar-refractivity contribution in [2.24, 2.45) is 0 Å². The molecule has 1 aliphatic rings. The zero-order chi connectivity index (χ0) is 9.14. The molecule has 1 atom stereocenters. The first-order valence-corrected chi connectivity index (χ1v) is 4.24. The van der Waals surface area contributed by atoms with Gasteiger partial charge in [0.2, 0.25) is 11.8 Å². The van der Waals surface area contributed by atoms with Crippen LogP contribution in [-0.4, -0.2) is 41.7 Å². The second-order valence-electron chi connectivity index (χ2n) is 2.73. The zero-order valence-electron chi connectivity index (χ0n) is 6.84. The summed E-state index contributed by atoms with van der Waals surface area (Å²) in [4.78, 5) is 23.6. The Hall–Kier alpha value is -0.770. The lowest BCUT2D eigenvalue weighted by molar-refractivity contribution is -0.137. The molecule has 1 rings (SSSR count). The zero-order valence-corrected chi connectivity index (χ0v) is 7.60. The molecule has 0 aromatic rings. The number of carbonyl (C=O) groups excluding carboxylic acids is 2. The van der Waals surface area contributed by atoms with E-state index in [4.69, 9.17) is 11.6 Å². The normalized spacial score (nSPS) is 20.2. The lowest BCUT2D eigenvalue weighted by Gasteiger charge is -2.27. The third-order valence-corrected chi connectivity index (χ3v) is 1.88. The predicted octanol–water partition coefficient (Wildman–Crippen LogP) is -0.428. The number of halogens is 1. The van der Waals surface area contributed by atoms with Gasteiger partial charge in [0.15, 0.2) is 0 Å².